The summed E-state index contributed by atoms with van der Waals surface area (Å²) in [7, 11) is 0. The first-order valence-corrected chi connectivity index (χ1v) is 5.33. The van der Waals surface area contributed by atoms with E-state index < -0.39 is 0 Å². The maximum atomic E-state index is 11.5. The first-order valence-electron chi connectivity index (χ1n) is 4.53. The van der Waals surface area contributed by atoms with Gasteiger partial charge < -0.3 is 4.74 Å². The fourth-order valence-corrected chi connectivity index (χ4v) is 1.82. The summed E-state index contributed by atoms with van der Waals surface area (Å²) in [5, 5.41) is 7.50. The van der Waals surface area contributed by atoms with Gasteiger partial charge in [0.15, 0.2) is 5.69 Å². The summed E-state index contributed by atoms with van der Waals surface area (Å²) < 4.78 is 5.76. The number of hydrogen-bond donors (Lipinski definition) is 1. The van der Waals surface area contributed by atoms with E-state index in [0.717, 1.165) is 15.4 Å². The third kappa shape index (κ3) is 1.74. The van der Waals surface area contributed by atoms with Gasteiger partial charge >= 0.3 is 5.97 Å². The molecule has 0 unspecified atom stereocenters. The maximum Gasteiger partial charge on any atom is 0.356 e. The molecule has 0 aliphatic carbocycles. The summed E-state index contributed by atoms with van der Waals surface area (Å²) >= 11 is 3.36. The Labute approximate surface area is 94.7 Å². The molecule has 0 aliphatic rings. The molecule has 1 aromatic heterocycles. The summed E-state index contributed by atoms with van der Waals surface area (Å²) in [6.07, 6.45) is 0. The second kappa shape index (κ2) is 4.02. The molecule has 0 amide bonds. The highest BCUT2D eigenvalue weighted by Crippen LogP contribution is 2.24. The van der Waals surface area contributed by atoms with Crippen LogP contribution < -0.4 is 0 Å². The standard InChI is InChI=1S/C10H9BrN2O2/c1-2-15-10(14)9-6-4-3-5-7(11)8(6)12-13-9/h3-5H,2H2,1H3,(H,12,13). The van der Waals surface area contributed by atoms with E-state index in [0.29, 0.717) is 12.3 Å². The number of halogens is 1. The van der Waals surface area contributed by atoms with Crippen LogP contribution in [0, 0.1) is 0 Å². The fourth-order valence-electron chi connectivity index (χ4n) is 1.36. The number of nitrogens with zero attached hydrogens (tertiary/aromatic N) is 1. The Bertz CT molecular complexity index is 507. The van der Waals surface area contributed by atoms with E-state index in [1.807, 2.05) is 18.2 Å². The van der Waals surface area contributed by atoms with Gasteiger partial charge in [-0.25, -0.2) is 4.79 Å². The largest absolute Gasteiger partial charge is 0.461 e. The smallest absolute Gasteiger partial charge is 0.356 e. The van der Waals surface area contributed by atoms with E-state index in [9.17, 15) is 4.79 Å². The van der Waals surface area contributed by atoms with Gasteiger partial charge in [-0.3, -0.25) is 5.10 Å². The second-order valence-corrected chi connectivity index (χ2v) is 3.81. The van der Waals surface area contributed by atoms with Gasteiger partial charge in [0, 0.05) is 9.86 Å². The number of benzene rings is 1. The summed E-state index contributed by atoms with van der Waals surface area (Å²) in [6, 6.07) is 5.55. The lowest BCUT2D eigenvalue weighted by molar-refractivity contribution is 0.0521. The fraction of sp³-hybridized carbons (Fsp3) is 0.200. The molecule has 0 fully saturated rings. The number of carbonyl (C=O) groups excluding carboxylic acids is 1. The molecule has 0 spiro atoms. The van der Waals surface area contributed by atoms with Crippen molar-refractivity contribution in [1.82, 2.24) is 10.2 Å². The Morgan fingerprint density at radius 3 is 3.13 bits per heavy atom. The minimum Gasteiger partial charge on any atom is -0.461 e. The van der Waals surface area contributed by atoms with E-state index in [-0.39, 0.29) is 5.97 Å². The lowest BCUT2D eigenvalue weighted by Gasteiger charge is -1.98. The number of fused-ring (bicyclic) bond motifs is 1. The van der Waals surface area contributed by atoms with Gasteiger partial charge in [0.25, 0.3) is 0 Å². The number of aromatic amines is 1. The van der Waals surface area contributed by atoms with Crippen LogP contribution in [-0.2, 0) is 4.74 Å². The predicted molar refractivity (Wildman–Crippen MR) is 59.8 cm³/mol. The van der Waals surface area contributed by atoms with Gasteiger partial charge in [-0.2, -0.15) is 5.10 Å². The molecule has 0 radical (unpaired) electrons. The van der Waals surface area contributed by atoms with Crippen molar-refractivity contribution in [3.8, 4) is 0 Å². The zero-order chi connectivity index (χ0) is 10.8. The Morgan fingerprint density at radius 1 is 1.60 bits per heavy atom. The number of esters is 1. The first-order chi connectivity index (χ1) is 7.24. The van der Waals surface area contributed by atoms with Crippen LogP contribution in [0.25, 0.3) is 10.9 Å². The van der Waals surface area contributed by atoms with Gasteiger partial charge in [0.05, 0.1) is 6.61 Å². The molecule has 0 aliphatic heterocycles. The summed E-state index contributed by atoms with van der Waals surface area (Å²) in [5.41, 5.74) is 1.13. The minimum atomic E-state index is -0.377. The second-order valence-electron chi connectivity index (χ2n) is 2.96. The minimum absolute atomic E-state index is 0.355. The van der Waals surface area contributed by atoms with Crippen LogP contribution >= 0.6 is 15.9 Å². The maximum absolute atomic E-state index is 11.5. The Morgan fingerprint density at radius 2 is 2.40 bits per heavy atom. The highest BCUT2D eigenvalue weighted by atomic mass is 79.9. The topological polar surface area (TPSA) is 55.0 Å². The Kier molecular flexibility index (Phi) is 2.73. The molecule has 1 aromatic carbocycles. The van der Waals surface area contributed by atoms with Crippen LogP contribution in [0.1, 0.15) is 17.4 Å². The van der Waals surface area contributed by atoms with E-state index in [4.69, 9.17) is 4.74 Å². The van der Waals surface area contributed by atoms with Gasteiger partial charge in [-0.05, 0) is 28.9 Å². The third-order valence-electron chi connectivity index (χ3n) is 2.02. The molecule has 0 saturated carbocycles. The number of ether oxygens (including phenoxy) is 1. The van der Waals surface area contributed by atoms with Gasteiger partial charge in [-0.15, -0.1) is 0 Å². The molecule has 78 valence electrons. The number of aromatic nitrogens is 2. The van der Waals surface area contributed by atoms with Crippen molar-refractivity contribution in [3.63, 3.8) is 0 Å². The molecule has 0 bridgehead atoms. The van der Waals surface area contributed by atoms with Crippen LogP contribution in [0.4, 0.5) is 0 Å². The number of carbonyl (C=O) groups is 1. The van der Waals surface area contributed by atoms with Crippen LogP contribution in [0.5, 0.6) is 0 Å². The highest BCUT2D eigenvalue weighted by molar-refractivity contribution is 9.10. The Balaban J connectivity index is 2.54. The van der Waals surface area contributed by atoms with Crippen molar-refractivity contribution in [2.45, 2.75) is 6.92 Å². The SMILES string of the molecule is CCOC(=O)c1[nH]nc2c(Br)cccc12. The molecule has 5 heteroatoms. The van der Waals surface area contributed by atoms with Crippen molar-refractivity contribution >= 4 is 32.8 Å². The molecule has 1 N–H and O–H groups in total. The van der Waals surface area contributed by atoms with Crippen LogP contribution in [0.15, 0.2) is 22.7 Å². The molecule has 1 heterocycles. The van der Waals surface area contributed by atoms with Crippen LogP contribution in [0.2, 0.25) is 0 Å². The van der Waals surface area contributed by atoms with E-state index in [1.165, 1.54) is 0 Å². The molecule has 4 nitrogen and oxygen atoms in total. The molecule has 2 rings (SSSR count). The number of H-pyrrole nitrogens is 1. The monoisotopic (exact) mass is 268 g/mol. The van der Waals surface area contributed by atoms with Gasteiger partial charge in [0.1, 0.15) is 5.52 Å². The van der Waals surface area contributed by atoms with E-state index >= 15 is 0 Å². The van der Waals surface area contributed by atoms with Crippen molar-refractivity contribution in [2.75, 3.05) is 6.61 Å². The molecule has 0 atom stereocenters. The number of para-hydroxylation sites is 1. The molecular weight excluding hydrogens is 260 g/mol. The number of hydrogen-bond acceptors (Lipinski definition) is 3. The summed E-state index contributed by atoms with van der Waals surface area (Å²) in [5.74, 6) is -0.377. The highest BCUT2D eigenvalue weighted by Gasteiger charge is 2.15. The van der Waals surface area contributed by atoms with E-state index in [1.54, 1.807) is 6.92 Å². The van der Waals surface area contributed by atoms with Crippen molar-refractivity contribution in [3.05, 3.63) is 28.4 Å². The zero-order valence-corrected chi connectivity index (χ0v) is 9.67. The van der Waals surface area contributed by atoms with E-state index in [2.05, 4.69) is 26.1 Å². The van der Waals surface area contributed by atoms with Gasteiger partial charge in [-0.1, -0.05) is 12.1 Å². The molecule has 0 saturated heterocycles. The third-order valence-corrected chi connectivity index (χ3v) is 2.66. The lowest BCUT2D eigenvalue weighted by atomic mass is 10.2. The summed E-state index contributed by atoms with van der Waals surface area (Å²) in [4.78, 5) is 11.5. The quantitative estimate of drug-likeness (QED) is 0.852. The van der Waals surface area contributed by atoms with Crippen LogP contribution in [-0.4, -0.2) is 22.8 Å². The van der Waals surface area contributed by atoms with Crippen molar-refractivity contribution in [2.24, 2.45) is 0 Å². The predicted octanol–water partition coefficient (Wildman–Crippen LogP) is 2.50. The lowest BCUT2D eigenvalue weighted by Crippen LogP contribution is -2.05. The van der Waals surface area contributed by atoms with Crippen molar-refractivity contribution in [1.29, 1.82) is 0 Å². The zero-order valence-electron chi connectivity index (χ0n) is 8.08. The first kappa shape index (κ1) is 10.2. The average Bonchev–Trinajstić information content (AvgIpc) is 2.63. The van der Waals surface area contributed by atoms with Crippen LogP contribution in [0.3, 0.4) is 0 Å². The molecular formula is C10H9BrN2O2. The molecule has 15 heavy (non-hydrogen) atoms. The average molecular weight is 269 g/mol. The van der Waals surface area contributed by atoms with Gasteiger partial charge in [0.2, 0.25) is 0 Å². The Hall–Kier alpha value is -1.36. The van der Waals surface area contributed by atoms with Crippen molar-refractivity contribution < 1.29 is 9.53 Å². The summed E-state index contributed by atoms with van der Waals surface area (Å²) in [6.45, 7) is 2.12. The number of nitrogens with one attached hydrogen (secondary N) is 1. The molecule has 2 aromatic rings. The number of rotatable bonds is 2. The normalized spacial score (nSPS) is 10.5.